The van der Waals surface area contributed by atoms with Crippen molar-refractivity contribution in [1.29, 1.82) is 5.26 Å². The average Bonchev–Trinajstić information content (AvgIpc) is 3.00. The van der Waals surface area contributed by atoms with E-state index in [9.17, 15) is 31.1 Å². The smallest absolute Gasteiger partial charge is 0.416 e. The fourth-order valence-corrected chi connectivity index (χ4v) is 2.70. The maximum atomic E-state index is 12.8. The van der Waals surface area contributed by atoms with E-state index < -0.39 is 47.3 Å². The lowest BCUT2D eigenvalue weighted by Gasteiger charge is -2.22. The Morgan fingerprint density at radius 3 is 2.00 bits per heavy atom. The number of alkyl halides is 6. The molecule has 1 aromatic carbocycles. The van der Waals surface area contributed by atoms with Crippen molar-refractivity contribution in [2.75, 3.05) is 6.61 Å². The van der Waals surface area contributed by atoms with Gasteiger partial charge in [-0.05, 0) is 43.9 Å². The zero-order chi connectivity index (χ0) is 19.6. The molecule has 0 radical (unpaired) electrons. The third-order valence-corrected chi connectivity index (χ3v) is 3.98. The highest BCUT2D eigenvalue weighted by molar-refractivity contribution is 5.79. The van der Waals surface area contributed by atoms with Crippen molar-refractivity contribution >= 4 is 5.91 Å². The number of hydrogen-bond donors (Lipinski definition) is 1. The van der Waals surface area contributed by atoms with Crippen molar-refractivity contribution in [3.63, 3.8) is 0 Å². The van der Waals surface area contributed by atoms with Gasteiger partial charge in [-0.1, -0.05) is 0 Å². The van der Waals surface area contributed by atoms with E-state index in [4.69, 9.17) is 10.00 Å². The number of amides is 1. The molecule has 1 aliphatic rings. The number of carbonyl (C=O) groups excluding carboxylic acids is 1. The zero-order valence-electron chi connectivity index (χ0n) is 13.3. The van der Waals surface area contributed by atoms with Crippen LogP contribution in [-0.2, 0) is 17.1 Å². The number of nitrogens with zero attached hydrogens (tertiary/aromatic N) is 1. The standard InChI is InChI=1S/C16H14F6N2O2/c17-15(18,19)10-5-11(16(20,21)22)7-12(6-10)26-8-13(25)24-14(9-23)3-1-2-4-14/h5-7H,1-4,8H2,(H,24,25). The third-order valence-electron chi connectivity index (χ3n) is 3.98. The van der Waals surface area contributed by atoms with Gasteiger partial charge < -0.3 is 10.1 Å². The van der Waals surface area contributed by atoms with Crippen LogP contribution in [0.25, 0.3) is 0 Å². The second-order valence-electron chi connectivity index (χ2n) is 5.98. The Balaban J connectivity index is 2.13. The van der Waals surface area contributed by atoms with Crippen molar-refractivity contribution in [2.45, 2.75) is 43.6 Å². The molecule has 1 aromatic rings. The Kier molecular flexibility index (Phi) is 5.39. The van der Waals surface area contributed by atoms with Crippen LogP contribution in [0.15, 0.2) is 18.2 Å². The molecular weight excluding hydrogens is 366 g/mol. The summed E-state index contributed by atoms with van der Waals surface area (Å²) in [5.41, 5.74) is -4.13. The molecule has 0 saturated heterocycles. The summed E-state index contributed by atoms with van der Waals surface area (Å²) in [6, 6.07) is 2.72. The second-order valence-corrected chi connectivity index (χ2v) is 5.98. The zero-order valence-corrected chi connectivity index (χ0v) is 13.3. The maximum absolute atomic E-state index is 12.8. The SMILES string of the molecule is N#CC1(NC(=O)COc2cc(C(F)(F)F)cc(C(F)(F)F)c2)CCCC1. The number of carbonyl (C=O) groups is 1. The summed E-state index contributed by atoms with van der Waals surface area (Å²) < 4.78 is 81.4. The van der Waals surface area contributed by atoms with Gasteiger partial charge in [0.15, 0.2) is 6.61 Å². The number of benzene rings is 1. The van der Waals surface area contributed by atoms with E-state index in [1.807, 2.05) is 6.07 Å². The monoisotopic (exact) mass is 380 g/mol. The summed E-state index contributed by atoms with van der Waals surface area (Å²) in [6.07, 6.45) is -7.69. The van der Waals surface area contributed by atoms with Crippen molar-refractivity contribution in [3.05, 3.63) is 29.3 Å². The van der Waals surface area contributed by atoms with Gasteiger partial charge in [0.05, 0.1) is 17.2 Å². The summed E-state index contributed by atoms with van der Waals surface area (Å²) in [6.45, 7) is -0.804. The highest BCUT2D eigenvalue weighted by atomic mass is 19.4. The minimum absolute atomic E-state index is 0.0316. The van der Waals surface area contributed by atoms with Crippen molar-refractivity contribution < 1.29 is 35.9 Å². The topological polar surface area (TPSA) is 62.1 Å². The molecule has 26 heavy (non-hydrogen) atoms. The molecule has 0 unspecified atom stereocenters. The molecule has 2 rings (SSSR count). The number of ether oxygens (including phenoxy) is 1. The third kappa shape index (κ3) is 4.80. The highest BCUT2D eigenvalue weighted by Gasteiger charge is 2.38. The Hall–Kier alpha value is -2.44. The fourth-order valence-electron chi connectivity index (χ4n) is 2.70. The molecule has 10 heteroatoms. The van der Waals surface area contributed by atoms with Crippen molar-refractivity contribution in [2.24, 2.45) is 0 Å². The van der Waals surface area contributed by atoms with Gasteiger partial charge in [0.1, 0.15) is 11.3 Å². The molecule has 1 fully saturated rings. The molecule has 4 nitrogen and oxygen atoms in total. The molecule has 1 amide bonds. The van der Waals surface area contributed by atoms with Gasteiger partial charge in [-0.15, -0.1) is 0 Å². The van der Waals surface area contributed by atoms with E-state index in [-0.39, 0.29) is 6.07 Å². The predicted octanol–water partition coefficient (Wildman–Crippen LogP) is 4.06. The van der Waals surface area contributed by atoms with E-state index >= 15 is 0 Å². The van der Waals surface area contributed by atoms with Crippen LogP contribution in [0.5, 0.6) is 5.75 Å². The maximum Gasteiger partial charge on any atom is 0.416 e. The van der Waals surface area contributed by atoms with Crippen LogP contribution in [0.1, 0.15) is 36.8 Å². The number of nitrogens with one attached hydrogen (secondary N) is 1. The van der Waals surface area contributed by atoms with Gasteiger partial charge >= 0.3 is 12.4 Å². The quantitative estimate of drug-likeness (QED) is 0.802. The van der Waals surface area contributed by atoms with E-state index in [1.165, 1.54) is 0 Å². The Bertz CT molecular complexity index is 683. The fraction of sp³-hybridized carbons (Fsp3) is 0.500. The van der Waals surface area contributed by atoms with Crippen LogP contribution in [0.3, 0.4) is 0 Å². The number of hydrogen-bond acceptors (Lipinski definition) is 3. The predicted molar refractivity (Wildman–Crippen MR) is 76.9 cm³/mol. The van der Waals surface area contributed by atoms with Gasteiger partial charge in [0.2, 0.25) is 0 Å². The number of halogens is 6. The molecule has 0 aromatic heterocycles. The van der Waals surface area contributed by atoms with Crippen LogP contribution in [0.4, 0.5) is 26.3 Å². The largest absolute Gasteiger partial charge is 0.484 e. The first-order valence-electron chi connectivity index (χ1n) is 7.60. The number of nitriles is 1. The summed E-state index contributed by atoms with van der Waals surface area (Å²) in [4.78, 5) is 11.9. The lowest BCUT2D eigenvalue weighted by atomic mass is 10.00. The second kappa shape index (κ2) is 7.05. The minimum Gasteiger partial charge on any atom is -0.484 e. The Morgan fingerprint density at radius 2 is 1.58 bits per heavy atom. The van der Waals surface area contributed by atoms with E-state index in [0.717, 1.165) is 12.8 Å². The normalized spacial score (nSPS) is 16.8. The number of rotatable bonds is 4. The van der Waals surface area contributed by atoms with Crippen molar-refractivity contribution in [1.82, 2.24) is 5.32 Å². The van der Waals surface area contributed by atoms with Crippen molar-refractivity contribution in [3.8, 4) is 11.8 Å². The molecule has 142 valence electrons. The highest BCUT2D eigenvalue weighted by Crippen LogP contribution is 2.38. The molecule has 1 saturated carbocycles. The Labute approximate surface area is 144 Å². The van der Waals surface area contributed by atoms with Crippen LogP contribution in [0.2, 0.25) is 0 Å². The molecule has 0 spiro atoms. The van der Waals surface area contributed by atoms with E-state index in [0.29, 0.717) is 25.0 Å². The molecular formula is C16H14F6N2O2. The molecule has 1 aliphatic carbocycles. The summed E-state index contributed by atoms with van der Waals surface area (Å²) in [5.74, 6) is -1.53. The molecule has 1 N–H and O–H groups in total. The summed E-state index contributed by atoms with van der Waals surface area (Å²) in [7, 11) is 0. The van der Waals surface area contributed by atoms with Gasteiger partial charge in [-0.2, -0.15) is 31.6 Å². The molecule has 0 heterocycles. The van der Waals surface area contributed by atoms with E-state index in [2.05, 4.69) is 5.32 Å². The summed E-state index contributed by atoms with van der Waals surface area (Å²) in [5, 5.41) is 11.6. The van der Waals surface area contributed by atoms with Crippen LogP contribution >= 0.6 is 0 Å². The van der Waals surface area contributed by atoms with Gasteiger partial charge in [0.25, 0.3) is 5.91 Å². The first kappa shape index (κ1) is 19.9. The molecule has 0 bridgehead atoms. The van der Waals surface area contributed by atoms with Crippen LogP contribution in [0, 0.1) is 11.3 Å². The average molecular weight is 380 g/mol. The first-order valence-corrected chi connectivity index (χ1v) is 7.60. The minimum atomic E-state index is -5.00. The Morgan fingerprint density at radius 1 is 1.08 bits per heavy atom. The first-order chi connectivity index (χ1) is 12.0. The van der Waals surface area contributed by atoms with Crippen LogP contribution < -0.4 is 10.1 Å². The summed E-state index contributed by atoms with van der Waals surface area (Å²) >= 11 is 0. The van der Waals surface area contributed by atoms with E-state index in [1.54, 1.807) is 0 Å². The van der Waals surface area contributed by atoms with Crippen LogP contribution in [-0.4, -0.2) is 18.1 Å². The van der Waals surface area contributed by atoms with Gasteiger partial charge in [0, 0.05) is 0 Å². The lowest BCUT2D eigenvalue weighted by Crippen LogP contribution is -2.47. The molecule has 0 aliphatic heterocycles. The van der Waals surface area contributed by atoms with Gasteiger partial charge in [-0.3, -0.25) is 4.79 Å². The lowest BCUT2D eigenvalue weighted by molar-refractivity contribution is -0.143. The molecule has 0 atom stereocenters. The van der Waals surface area contributed by atoms with Gasteiger partial charge in [-0.25, -0.2) is 0 Å².